The number of carbonyl (C=O) groups excluding carboxylic acids is 1. The number of carbonyl (C=O) groups is 1. The van der Waals surface area contributed by atoms with E-state index in [4.69, 9.17) is 17.3 Å². The Balaban J connectivity index is 1.91. The summed E-state index contributed by atoms with van der Waals surface area (Å²) < 4.78 is 43.1. The number of aromatic nitrogens is 2. The van der Waals surface area contributed by atoms with E-state index in [1.165, 1.54) is 19.1 Å². The molecular weight excluding hydrogens is 523 g/mol. The van der Waals surface area contributed by atoms with Gasteiger partial charge in [-0.25, -0.2) is 9.37 Å². The number of allylic oxidation sites excluding steroid dienone is 1. The molecule has 4 aromatic rings. The number of Topliss-reactive ketones (excluding diaryl/α,β-unsaturated/α-hetero) is 1. The number of nitrogens with zero attached hydrogens (tertiary/aromatic N) is 2. The number of nitrogens with two attached hydrogens (primary N) is 1. The minimum absolute atomic E-state index is 0.00576. The van der Waals surface area contributed by atoms with Gasteiger partial charge in [0.25, 0.3) is 10.0 Å². The van der Waals surface area contributed by atoms with Crippen molar-refractivity contribution in [1.29, 1.82) is 0 Å². The Morgan fingerprint density at radius 3 is 2.51 bits per heavy atom. The van der Waals surface area contributed by atoms with Crippen LogP contribution in [0.4, 0.5) is 4.39 Å². The number of fused-ring (bicyclic) bond motifs is 1. The number of hydrogen-bond donors (Lipinski definition) is 4. The Kier molecular flexibility index (Phi) is 7.12. The number of para-hydroxylation sites is 2. The van der Waals surface area contributed by atoms with Crippen LogP contribution >= 0.6 is 11.6 Å². The first kappa shape index (κ1) is 26.0. The van der Waals surface area contributed by atoms with Crippen LogP contribution in [0.25, 0.3) is 22.4 Å². The molecule has 0 saturated carbocycles. The lowest BCUT2D eigenvalue weighted by Crippen LogP contribution is -2.27. The van der Waals surface area contributed by atoms with Crippen molar-refractivity contribution < 1.29 is 27.8 Å². The zero-order valence-electron chi connectivity index (χ0n) is 19.2. The number of imidazole rings is 1. The van der Waals surface area contributed by atoms with Crippen molar-refractivity contribution >= 4 is 55.6 Å². The first-order valence-corrected chi connectivity index (χ1v) is 12.6. The molecule has 1 atom stereocenters. The molecule has 9 nitrogen and oxygen atoms in total. The highest BCUT2D eigenvalue weighted by Crippen LogP contribution is 2.30. The second-order valence-electron chi connectivity index (χ2n) is 7.98. The Hall–Kier alpha value is -4.06. The number of nitrogens with one attached hydrogen (secondary N) is 1. The fourth-order valence-corrected chi connectivity index (χ4v) is 4.74. The van der Waals surface area contributed by atoms with E-state index in [1.807, 2.05) is 0 Å². The van der Waals surface area contributed by atoms with Gasteiger partial charge in [0, 0.05) is 16.1 Å². The van der Waals surface area contributed by atoms with Gasteiger partial charge in [0.1, 0.15) is 39.8 Å². The van der Waals surface area contributed by atoms with Crippen LogP contribution < -0.4 is 5.73 Å². The maximum atomic E-state index is 14.6. The molecule has 0 aliphatic rings. The summed E-state index contributed by atoms with van der Waals surface area (Å²) in [6.07, 6.45) is -1.40. The highest BCUT2D eigenvalue weighted by Gasteiger charge is 2.27. The van der Waals surface area contributed by atoms with Gasteiger partial charge in [-0.3, -0.25) is 4.79 Å². The maximum absolute atomic E-state index is 14.6. The number of aliphatic hydroxyl groups is 2. The average Bonchev–Trinajstić information content (AvgIpc) is 3.27. The number of H-pyrrole nitrogens is 1. The molecule has 0 amide bonds. The van der Waals surface area contributed by atoms with Gasteiger partial charge in [-0.1, -0.05) is 35.9 Å². The number of aromatic amines is 1. The van der Waals surface area contributed by atoms with Crippen LogP contribution in [0, 0.1) is 5.82 Å². The number of ketones is 1. The zero-order chi connectivity index (χ0) is 26.9. The predicted octanol–water partition coefficient (Wildman–Crippen LogP) is 4.09. The fourth-order valence-electron chi connectivity index (χ4n) is 3.43. The van der Waals surface area contributed by atoms with Crippen LogP contribution in [0.1, 0.15) is 28.7 Å². The van der Waals surface area contributed by atoms with E-state index in [2.05, 4.69) is 14.4 Å². The Labute approximate surface area is 215 Å². The summed E-state index contributed by atoms with van der Waals surface area (Å²) in [4.78, 5) is 20.1. The van der Waals surface area contributed by atoms with Crippen molar-refractivity contribution in [3.8, 4) is 0 Å². The van der Waals surface area contributed by atoms with E-state index < -0.39 is 44.2 Å². The molecule has 190 valence electrons. The van der Waals surface area contributed by atoms with Crippen LogP contribution in [0.3, 0.4) is 0 Å². The van der Waals surface area contributed by atoms with Crippen molar-refractivity contribution in [3.63, 3.8) is 0 Å². The van der Waals surface area contributed by atoms with Crippen molar-refractivity contribution in [2.75, 3.05) is 0 Å². The molecule has 1 aromatic heterocycles. The number of halogens is 2. The van der Waals surface area contributed by atoms with Crippen LogP contribution in [-0.2, 0) is 10.0 Å². The molecule has 12 heteroatoms. The summed E-state index contributed by atoms with van der Waals surface area (Å²) in [5.74, 6) is -3.20. The number of rotatable bonds is 7. The highest BCUT2D eigenvalue weighted by molar-refractivity contribution is 7.90. The van der Waals surface area contributed by atoms with E-state index >= 15 is 0 Å². The first-order chi connectivity index (χ1) is 17.5. The molecule has 0 aliphatic carbocycles. The number of sulfonamides is 1. The summed E-state index contributed by atoms with van der Waals surface area (Å²) in [6, 6.07) is 15.6. The molecule has 0 radical (unpaired) electrons. The Morgan fingerprint density at radius 1 is 1.11 bits per heavy atom. The third-order valence-corrected chi connectivity index (χ3v) is 6.87. The van der Waals surface area contributed by atoms with Gasteiger partial charge >= 0.3 is 0 Å². The quantitative estimate of drug-likeness (QED) is 0.0899. The molecular formula is C25H20ClFN4O5S. The lowest BCUT2D eigenvalue weighted by Gasteiger charge is -2.11. The smallest absolute Gasteiger partial charge is 0.286 e. The maximum Gasteiger partial charge on any atom is 0.286 e. The van der Waals surface area contributed by atoms with E-state index in [-0.39, 0.29) is 22.5 Å². The van der Waals surface area contributed by atoms with Crippen LogP contribution in [0.2, 0.25) is 5.02 Å². The van der Waals surface area contributed by atoms with Crippen LogP contribution in [0.5, 0.6) is 0 Å². The van der Waals surface area contributed by atoms with E-state index in [0.29, 0.717) is 16.1 Å². The average molecular weight is 543 g/mol. The first-order valence-electron chi connectivity index (χ1n) is 10.7. The molecule has 0 saturated heterocycles. The molecule has 0 fully saturated rings. The number of benzene rings is 3. The monoisotopic (exact) mass is 542 g/mol. The normalized spacial score (nSPS) is 13.9. The van der Waals surface area contributed by atoms with Gasteiger partial charge in [-0.15, -0.1) is 4.40 Å². The molecule has 4 rings (SSSR count). The standard InChI is InChI=1S/C25H20ClFN4O5S/c1-13(32)24(28)31-37(35,36)20-12-15(9-10-17(20)27)23(34)21(22(33)14-5-4-6-16(26)11-14)25-29-18-7-2-3-8-19(18)30-25/h2-13,32-33H,1H3,(H2,28,31)(H,29,30)/b22-21-/t13-/m1/s1. The lowest BCUT2D eigenvalue weighted by molar-refractivity contribution is 0.105. The van der Waals surface area contributed by atoms with Gasteiger partial charge in [0.2, 0.25) is 5.78 Å². The van der Waals surface area contributed by atoms with Crippen molar-refractivity contribution in [3.05, 3.63) is 94.5 Å². The second-order valence-corrected chi connectivity index (χ2v) is 9.99. The third kappa shape index (κ3) is 5.38. The molecule has 0 bridgehead atoms. The summed E-state index contributed by atoms with van der Waals surface area (Å²) in [7, 11) is -4.72. The summed E-state index contributed by atoms with van der Waals surface area (Å²) in [5.41, 5.74) is 6.12. The molecule has 5 N–H and O–H groups in total. The summed E-state index contributed by atoms with van der Waals surface area (Å²) in [6.45, 7) is 1.19. The van der Waals surface area contributed by atoms with E-state index in [1.54, 1.807) is 36.4 Å². The molecule has 3 aromatic carbocycles. The fraction of sp³-hybridized carbons (Fsp3) is 0.0800. The molecule has 0 aliphatic heterocycles. The number of aliphatic hydroxyl groups excluding tert-OH is 2. The lowest BCUT2D eigenvalue weighted by atomic mass is 9.98. The largest absolute Gasteiger partial charge is 0.506 e. The minimum Gasteiger partial charge on any atom is -0.506 e. The number of amidine groups is 1. The molecule has 0 unspecified atom stereocenters. The SMILES string of the molecule is C[C@@H](O)/C(N)=N/S(=O)(=O)c1cc(C(=O)/C(=C(/O)c2cccc(Cl)c2)c2nc3ccccc3[nH]2)ccc1F. The van der Waals surface area contributed by atoms with Crippen molar-refractivity contribution in [2.45, 2.75) is 17.9 Å². The number of hydrogen-bond acceptors (Lipinski definition) is 6. The van der Waals surface area contributed by atoms with Gasteiger partial charge < -0.3 is 20.9 Å². The van der Waals surface area contributed by atoms with Gasteiger partial charge in [-0.2, -0.15) is 8.42 Å². The molecule has 1 heterocycles. The zero-order valence-corrected chi connectivity index (χ0v) is 20.8. The van der Waals surface area contributed by atoms with E-state index in [0.717, 1.165) is 18.2 Å². The van der Waals surface area contributed by atoms with Gasteiger partial charge in [0.15, 0.2) is 0 Å². The molecule has 37 heavy (non-hydrogen) atoms. The van der Waals surface area contributed by atoms with Crippen LogP contribution in [-0.4, -0.2) is 46.3 Å². The van der Waals surface area contributed by atoms with Gasteiger partial charge in [-0.05, 0) is 49.4 Å². The third-order valence-electron chi connectivity index (χ3n) is 5.31. The predicted molar refractivity (Wildman–Crippen MR) is 138 cm³/mol. The Bertz CT molecular complexity index is 1660. The van der Waals surface area contributed by atoms with Gasteiger partial charge in [0.05, 0.1) is 11.0 Å². The highest BCUT2D eigenvalue weighted by atomic mass is 35.5. The van der Waals surface area contributed by atoms with E-state index in [9.17, 15) is 27.8 Å². The molecule has 0 spiro atoms. The topological polar surface area (TPSA) is 159 Å². The minimum atomic E-state index is -4.72. The van der Waals surface area contributed by atoms with Crippen molar-refractivity contribution in [1.82, 2.24) is 9.97 Å². The second kappa shape index (κ2) is 10.1. The van der Waals surface area contributed by atoms with Crippen molar-refractivity contribution in [2.24, 2.45) is 10.1 Å². The summed E-state index contributed by atoms with van der Waals surface area (Å²) in [5, 5.41) is 20.9. The Morgan fingerprint density at radius 2 is 1.84 bits per heavy atom. The van der Waals surface area contributed by atoms with Crippen LogP contribution in [0.15, 0.2) is 76.0 Å². The summed E-state index contributed by atoms with van der Waals surface area (Å²) >= 11 is 6.06.